The number of rotatable bonds is 7. The summed E-state index contributed by atoms with van der Waals surface area (Å²) in [5.41, 5.74) is 0.804. The van der Waals surface area contributed by atoms with Crippen LogP contribution in [0.4, 0.5) is 0 Å². The summed E-state index contributed by atoms with van der Waals surface area (Å²) in [7, 11) is -3.76. The van der Waals surface area contributed by atoms with Crippen molar-refractivity contribution in [3.63, 3.8) is 0 Å². The van der Waals surface area contributed by atoms with Crippen molar-refractivity contribution in [3.8, 4) is 0 Å². The molecule has 0 bridgehead atoms. The number of carbonyl (C=O) groups is 1. The average molecular weight is 398 g/mol. The lowest BCUT2D eigenvalue weighted by atomic mass is 10.2. The molecule has 0 radical (unpaired) electrons. The maximum atomic E-state index is 12.8. The summed E-state index contributed by atoms with van der Waals surface area (Å²) in [6.45, 7) is 0.0507. The maximum absolute atomic E-state index is 12.8. The van der Waals surface area contributed by atoms with Crippen LogP contribution in [0.1, 0.15) is 12.0 Å². The molecule has 2 aromatic carbocycles. The molecule has 0 aliphatic carbocycles. The van der Waals surface area contributed by atoms with E-state index in [1.807, 2.05) is 30.3 Å². The minimum atomic E-state index is -3.76. The fourth-order valence-corrected chi connectivity index (χ4v) is 3.74. The quantitative estimate of drug-likeness (QED) is 0.778. The van der Waals surface area contributed by atoms with E-state index in [4.69, 9.17) is 5.11 Å². The molecule has 0 saturated carbocycles. The van der Waals surface area contributed by atoms with Crippen LogP contribution in [-0.2, 0) is 21.4 Å². The van der Waals surface area contributed by atoms with Crippen molar-refractivity contribution in [2.45, 2.75) is 17.9 Å². The van der Waals surface area contributed by atoms with Gasteiger partial charge in [-0.15, -0.1) is 0 Å². The van der Waals surface area contributed by atoms with Crippen molar-refractivity contribution in [1.82, 2.24) is 4.31 Å². The number of nitrogens with zero attached hydrogens (tertiary/aromatic N) is 1. The molecule has 0 atom stereocenters. The molecular weight excluding hydrogens is 382 g/mol. The summed E-state index contributed by atoms with van der Waals surface area (Å²) >= 11 is 3.27. The second-order valence-electron chi connectivity index (χ2n) is 4.92. The Morgan fingerprint density at radius 2 is 1.65 bits per heavy atom. The number of halogens is 1. The Balaban J connectivity index is 2.31. The van der Waals surface area contributed by atoms with Gasteiger partial charge in [-0.1, -0.05) is 46.3 Å². The van der Waals surface area contributed by atoms with Crippen molar-refractivity contribution in [3.05, 3.63) is 64.6 Å². The lowest BCUT2D eigenvalue weighted by Gasteiger charge is -2.21. The maximum Gasteiger partial charge on any atom is 0.304 e. The zero-order valence-electron chi connectivity index (χ0n) is 12.2. The Bertz CT molecular complexity index is 760. The lowest BCUT2D eigenvalue weighted by Crippen LogP contribution is -2.32. The third-order valence-corrected chi connectivity index (χ3v) is 5.62. The van der Waals surface area contributed by atoms with Gasteiger partial charge < -0.3 is 5.11 Å². The molecular formula is C16H16BrNO4S. The zero-order chi connectivity index (χ0) is 16.9. The molecule has 2 aromatic rings. The third kappa shape index (κ3) is 4.89. The van der Waals surface area contributed by atoms with Crippen LogP contribution in [0.25, 0.3) is 0 Å². The van der Waals surface area contributed by atoms with Crippen LogP contribution in [-0.4, -0.2) is 30.3 Å². The zero-order valence-corrected chi connectivity index (χ0v) is 14.6. The Hall–Kier alpha value is -1.70. The Morgan fingerprint density at radius 3 is 2.22 bits per heavy atom. The van der Waals surface area contributed by atoms with Crippen LogP contribution in [0.15, 0.2) is 64.0 Å². The van der Waals surface area contributed by atoms with Gasteiger partial charge in [-0.05, 0) is 29.8 Å². The first kappa shape index (κ1) is 17.7. The van der Waals surface area contributed by atoms with Crippen molar-refractivity contribution < 1.29 is 18.3 Å². The molecule has 0 unspecified atom stereocenters. The number of sulfonamides is 1. The van der Waals surface area contributed by atoms with Crippen molar-refractivity contribution >= 4 is 31.9 Å². The molecule has 0 heterocycles. The Kier molecular flexibility index (Phi) is 5.92. The van der Waals surface area contributed by atoms with E-state index in [9.17, 15) is 13.2 Å². The van der Waals surface area contributed by atoms with Crippen molar-refractivity contribution in [1.29, 1.82) is 0 Å². The van der Waals surface area contributed by atoms with Gasteiger partial charge in [-0.25, -0.2) is 8.42 Å². The van der Waals surface area contributed by atoms with Gasteiger partial charge in [-0.3, -0.25) is 4.79 Å². The average Bonchev–Trinajstić information content (AvgIpc) is 2.52. The Morgan fingerprint density at radius 1 is 1.04 bits per heavy atom. The van der Waals surface area contributed by atoms with Gasteiger partial charge >= 0.3 is 5.97 Å². The lowest BCUT2D eigenvalue weighted by molar-refractivity contribution is -0.137. The van der Waals surface area contributed by atoms with Crippen LogP contribution in [0.5, 0.6) is 0 Å². The smallest absolute Gasteiger partial charge is 0.304 e. The molecule has 0 spiro atoms. The van der Waals surface area contributed by atoms with E-state index in [2.05, 4.69) is 15.9 Å². The van der Waals surface area contributed by atoms with Gasteiger partial charge in [0.25, 0.3) is 0 Å². The predicted octanol–water partition coefficient (Wildman–Crippen LogP) is 3.11. The van der Waals surface area contributed by atoms with E-state index in [1.54, 1.807) is 12.1 Å². The monoisotopic (exact) mass is 397 g/mol. The van der Waals surface area contributed by atoms with Crippen molar-refractivity contribution in [2.75, 3.05) is 6.54 Å². The van der Waals surface area contributed by atoms with E-state index >= 15 is 0 Å². The molecule has 0 amide bonds. The molecule has 5 nitrogen and oxygen atoms in total. The fraction of sp³-hybridized carbons (Fsp3) is 0.188. The Labute approximate surface area is 143 Å². The van der Waals surface area contributed by atoms with Crippen LogP contribution < -0.4 is 0 Å². The SMILES string of the molecule is O=C(O)CCN(Cc1ccccc1)S(=O)(=O)c1ccc(Br)cc1. The number of hydrogen-bond donors (Lipinski definition) is 1. The summed E-state index contributed by atoms with van der Waals surface area (Å²) in [6, 6.07) is 15.4. The molecule has 0 fully saturated rings. The van der Waals surface area contributed by atoms with E-state index in [0.29, 0.717) is 0 Å². The van der Waals surface area contributed by atoms with Gasteiger partial charge in [0.15, 0.2) is 0 Å². The topological polar surface area (TPSA) is 74.7 Å². The molecule has 0 aliphatic rings. The summed E-state index contributed by atoms with van der Waals surface area (Å²) in [4.78, 5) is 11.0. The minimum absolute atomic E-state index is 0.0807. The second-order valence-corrected chi connectivity index (χ2v) is 7.78. The van der Waals surface area contributed by atoms with Crippen LogP contribution in [0, 0.1) is 0 Å². The first-order chi connectivity index (χ1) is 10.9. The third-order valence-electron chi connectivity index (χ3n) is 3.23. The number of aliphatic carboxylic acids is 1. The molecule has 0 aromatic heterocycles. The van der Waals surface area contributed by atoms with Gasteiger partial charge in [0.1, 0.15) is 0 Å². The molecule has 1 N–H and O–H groups in total. The van der Waals surface area contributed by atoms with Gasteiger partial charge in [0.05, 0.1) is 11.3 Å². The second kappa shape index (κ2) is 7.72. The highest BCUT2D eigenvalue weighted by molar-refractivity contribution is 9.10. The van der Waals surface area contributed by atoms with Crippen LogP contribution in [0.3, 0.4) is 0 Å². The number of carboxylic acid groups (broad SMARTS) is 1. The standard InChI is InChI=1S/C16H16BrNO4S/c17-14-6-8-15(9-7-14)23(21,22)18(11-10-16(19)20)12-13-4-2-1-3-5-13/h1-9H,10-12H2,(H,19,20). The summed E-state index contributed by atoms with van der Waals surface area (Å²) < 4.78 is 27.5. The van der Waals surface area contributed by atoms with Gasteiger partial charge in [-0.2, -0.15) is 4.31 Å². The molecule has 7 heteroatoms. The fourth-order valence-electron chi connectivity index (χ4n) is 2.05. The first-order valence-electron chi connectivity index (χ1n) is 6.91. The highest BCUT2D eigenvalue weighted by Gasteiger charge is 2.25. The molecule has 122 valence electrons. The van der Waals surface area contributed by atoms with Gasteiger partial charge in [0, 0.05) is 17.6 Å². The number of carboxylic acids is 1. The summed E-state index contributed by atoms with van der Waals surface area (Å²) in [6.07, 6.45) is -0.247. The highest BCUT2D eigenvalue weighted by atomic mass is 79.9. The first-order valence-corrected chi connectivity index (χ1v) is 9.14. The van der Waals surface area contributed by atoms with E-state index < -0.39 is 16.0 Å². The van der Waals surface area contributed by atoms with Crippen LogP contribution in [0.2, 0.25) is 0 Å². The van der Waals surface area contributed by atoms with E-state index in [0.717, 1.165) is 10.0 Å². The number of benzene rings is 2. The van der Waals surface area contributed by atoms with E-state index in [1.165, 1.54) is 16.4 Å². The summed E-state index contributed by atoms with van der Waals surface area (Å²) in [5, 5.41) is 8.87. The molecule has 23 heavy (non-hydrogen) atoms. The minimum Gasteiger partial charge on any atom is -0.481 e. The number of hydrogen-bond acceptors (Lipinski definition) is 3. The molecule has 2 rings (SSSR count). The normalized spacial score (nSPS) is 11.6. The largest absolute Gasteiger partial charge is 0.481 e. The van der Waals surface area contributed by atoms with Gasteiger partial charge in [0.2, 0.25) is 10.0 Å². The highest BCUT2D eigenvalue weighted by Crippen LogP contribution is 2.21. The molecule has 0 saturated heterocycles. The van der Waals surface area contributed by atoms with Crippen molar-refractivity contribution in [2.24, 2.45) is 0 Å². The molecule has 0 aliphatic heterocycles. The van der Waals surface area contributed by atoms with Crippen LogP contribution >= 0.6 is 15.9 Å². The predicted molar refractivity (Wildman–Crippen MR) is 90.4 cm³/mol. The summed E-state index contributed by atoms with van der Waals surface area (Å²) in [5.74, 6) is -1.03. The van der Waals surface area contributed by atoms with E-state index in [-0.39, 0.29) is 24.4 Å².